The van der Waals surface area contributed by atoms with Crippen LogP contribution in [0, 0.1) is 19.3 Å². The van der Waals surface area contributed by atoms with Gasteiger partial charge in [0.05, 0.1) is 18.6 Å². The van der Waals surface area contributed by atoms with Gasteiger partial charge in [0.15, 0.2) is 6.23 Å². The molecule has 8 heteroatoms. The van der Waals surface area contributed by atoms with E-state index in [0.29, 0.717) is 45.5 Å². The first-order chi connectivity index (χ1) is 19.9. The molecule has 3 aromatic rings. The van der Waals surface area contributed by atoms with Gasteiger partial charge in [-0.3, -0.25) is 14.7 Å². The highest BCUT2D eigenvalue weighted by atomic mass is 16.6. The highest BCUT2D eigenvalue weighted by Crippen LogP contribution is 2.39. The average Bonchev–Trinajstić information content (AvgIpc) is 2.99. The number of carbonyl (C=O) groups is 2. The Labute approximate surface area is 242 Å². The van der Waals surface area contributed by atoms with Gasteiger partial charge in [-0.05, 0) is 63.3 Å². The molecule has 8 nitrogen and oxygen atoms in total. The Morgan fingerprint density at radius 3 is 2.32 bits per heavy atom. The Hall–Kier alpha value is -3.91. The molecule has 1 atom stereocenters. The minimum atomic E-state index is -0.810. The number of pyridine rings is 1. The van der Waals surface area contributed by atoms with E-state index in [1.54, 1.807) is 4.90 Å². The van der Waals surface area contributed by atoms with Crippen molar-refractivity contribution in [3.8, 4) is 0 Å². The summed E-state index contributed by atoms with van der Waals surface area (Å²) in [5, 5.41) is 0. The maximum Gasteiger partial charge on any atom is 0.412 e. The monoisotopic (exact) mass is 557 g/mol. The number of ether oxygens (including phenoxy) is 3. The maximum atomic E-state index is 13.4. The van der Waals surface area contributed by atoms with Gasteiger partial charge in [-0.25, -0.2) is 4.79 Å². The normalized spacial score (nSPS) is 18.0. The van der Waals surface area contributed by atoms with Crippen molar-refractivity contribution in [2.45, 2.75) is 52.9 Å². The zero-order chi connectivity index (χ0) is 28.8. The summed E-state index contributed by atoms with van der Waals surface area (Å²) in [5.74, 6) is -0.246. The van der Waals surface area contributed by atoms with Crippen molar-refractivity contribution in [1.29, 1.82) is 0 Å². The predicted molar refractivity (Wildman–Crippen MR) is 156 cm³/mol. The molecule has 1 saturated heterocycles. The molecule has 0 radical (unpaired) electrons. The fourth-order valence-corrected chi connectivity index (χ4v) is 5.82. The molecule has 2 aromatic carbocycles. The molecular formula is C33H39N3O5. The summed E-state index contributed by atoms with van der Waals surface area (Å²) in [6.07, 6.45) is 0.784. The first-order valence-electron chi connectivity index (χ1n) is 14.4. The van der Waals surface area contributed by atoms with Crippen LogP contribution in [-0.4, -0.2) is 54.8 Å². The lowest BCUT2D eigenvalue weighted by molar-refractivity contribution is -0.167. The Bertz CT molecular complexity index is 1330. The third-order valence-corrected chi connectivity index (χ3v) is 8.04. The van der Waals surface area contributed by atoms with Gasteiger partial charge >= 0.3 is 12.1 Å². The van der Waals surface area contributed by atoms with Gasteiger partial charge in [-0.1, -0.05) is 54.6 Å². The van der Waals surface area contributed by atoms with Crippen molar-refractivity contribution in [2.24, 2.45) is 5.41 Å². The van der Waals surface area contributed by atoms with Crippen molar-refractivity contribution in [3.05, 3.63) is 94.8 Å². The lowest BCUT2D eigenvalue weighted by Crippen LogP contribution is -2.49. The summed E-state index contributed by atoms with van der Waals surface area (Å²) in [4.78, 5) is 35.2. The number of hydrogen-bond donors (Lipinski definition) is 0. The van der Waals surface area contributed by atoms with E-state index in [9.17, 15) is 9.59 Å². The van der Waals surface area contributed by atoms with E-state index in [1.807, 2.05) is 69.3 Å². The van der Waals surface area contributed by atoms with Gasteiger partial charge < -0.3 is 19.1 Å². The van der Waals surface area contributed by atoms with Gasteiger partial charge in [0.25, 0.3) is 0 Å². The molecule has 1 aromatic heterocycles. The Kier molecular flexibility index (Phi) is 8.88. The summed E-state index contributed by atoms with van der Waals surface area (Å²) in [7, 11) is 0. The van der Waals surface area contributed by atoms with Gasteiger partial charge in [-0.2, -0.15) is 0 Å². The number of piperidine rings is 1. The third kappa shape index (κ3) is 6.54. The average molecular weight is 558 g/mol. The van der Waals surface area contributed by atoms with Crippen LogP contribution in [0.3, 0.4) is 0 Å². The maximum absolute atomic E-state index is 13.4. The fraction of sp³-hybridized carbons (Fsp3) is 0.424. The Morgan fingerprint density at radius 2 is 1.61 bits per heavy atom. The van der Waals surface area contributed by atoms with Crippen LogP contribution < -0.4 is 4.90 Å². The number of esters is 1. The summed E-state index contributed by atoms with van der Waals surface area (Å²) >= 11 is 0. The number of hydrogen-bond acceptors (Lipinski definition) is 7. The molecule has 0 bridgehead atoms. The lowest BCUT2D eigenvalue weighted by Gasteiger charge is -2.43. The summed E-state index contributed by atoms with van der Waals surface area (Å²) in [6.45, 7) is 8.30. The molecule has 0 aliphatic carbocycles. The van der Waals surface area contributed by atoms with E-state index in [0.717, 1.165) is 33.8 Å². The van der Waals surface area contributed by atoms with Crippen LogP contribution in [-0.2, 0) is 32.0 Å². The van der Waals surface area contributed by atoms with Crippen LogP contribution in [0.1, 0.15) is 54.1 Å². The molecule has 1 fully saturated rings. The number of anilines is 1. The Balaban J connectivity index is 1.34. The SMILES string of the molecule is CCOC(=O)C1(COC2c3ccccc3CCN2C(=O)OCc2ccccc2)CCN(c2cc(C)nc(C)c2)CC1. The summed E-state index contributed by atoms with van der Waals surface area (Å²) in [6, 6.07) is 21.8. The summed E-state index contributed by atoms with van der Waals surface area (Å²) in [5.41, 5.74) is 5.23. The van der Waals surface area contributed by atoms with Crippen molar-refractivity contribution < 1.29 is 23.8 Å². The van der Waals surface area contributed by atoms with Crippen molar-refractivity contribution in [2.75, 3.05) is 37.7 Å². The smallest absolute Gasteiger partial charge is 0.412 e. The van der Waals surface area contributed by atoms with E-state index >= 15 is 0 Å². The second kappa shape index (κ2) is 12.7. The van der Waals surface area contributed by atoms with Gasteiger partial charge in [0.1, 0.15) is 6.61 Å². The highest BCUT2D eigenvalue weighted by Gasteiger charge is 2.45. The molecular weight excluding hydrogens is 518 g/mol. The minimum Gasteiger partial charge on any atom is -0.465 e. The highest BCUT2D eigenvalue weighted by molar-refractivity contribution is 5.77. The molecule has 0 spiro atoms. The quantitative estimate of drug-likeness (QED) is 0.326. The molecule has 216 valence electrons. The van der Waals surface area contributed by atoms with E-state index in [4.69, 9.17) is 14.2 Å². The standard InChI is InChI=1S/C33H39N3O5/c1-4-39-31(37)33(15-18-35(19-16-33)28-20-24(2)34-25(3)21-28)23-41-30-29-13-9-8-12-27(29)14-17-36(30)32(38)40-22-26-10-6-5-7-11-26/h5-13,20-21,30H,4,14-19,22-23H2,1-3H3. The molecule has 0 saturated carbocycles. The first-order valence-corrected chi connectivity index (χ1v) is 14.4. The number of aromatic nitrogens is 1. The molecule has 3 heterocycles. The van der Waals surface area contributed by atoms with Crippen molar-refractivity contribution in [1.82, 2.24) is 9.88 Å². The van der Waals surface area contributed by atoms with Gasteiger partial charge in [0.2, 0.25) is 0 Å². The van der Waals surface area contributed by atoms with Crippen LogP contribution in [0.15, 0.2) is 66.7 Å². The van der Waals surface area contributed by atoms with Crippen LogP contribution in [0.5, 0.6) is 0 Å². The number of nitrogens with zero attached hydrogens (tertiary/aromatic N) is 3. The fourth-order valence-electron chi connectivity index (χ4n) is 5.82. The molecule has 41 heavy (non-hydrogen) atoms. The number of rotatable bonds is 8. The topological polar surface area (TPSA) is 81.2 Å². The second-order valence-electron chi connectivity index (χ2n) is 10.9. The molecule has 1 amide bonds. The zero-order valence-electron chi connectivity index (χ0n) is 24.2. The number of carbonyl (C=O) groups excluding carboxylic acids is 2. The Morgan fingerprint density at radius 1 is 0.927 bits per heavy atom. The van der Waals surface area contributed by atoms with Crippen molar-refractivity contribution >= 4 is 17.7 Å². The van der Waals surface area contributed by atoms with Crippen LogP contribution in [0.25, 0.3) is 0 Å². The number of fused-ring (bicyclic) bond motifs is 1. The molecule has 0 N–H and O–H groups in total. The first kappa shape index (κ1) is 28.6. The zero-order valence-corrected chi connectivity index (χ0v) is 24.2. The van der Waals surface area contributed by atoms with E-state index < -0.39 is 17.7 Å². The second-order valence-corrected chi connectivity index (χ2v) is 10.9. The van der Waals surface area contributed by atoms with Gasteiger partial charge in [0, 0.05) is 42.3 Å². The van der Waals surface area contributed by atoms with Crippen LogP contribution in [0.2, 0.25) is 0 Å². The molecule has 5 rings (SSSR count). The minimum absolute atomic E-state index is 0.148. The lowest BCUT2D eigenvalue weighted by atomic mass is 9.78. The molecule has 2 aliphatic heterocycles. The summed E-state index contributed by atoms with van der Waals surface area (Å²) < 4.78 is 17.9. The number of aryl methyl sites for hydroxylation is 2. The van der Waals surface area contributed by atoms with Crippen LogP contribution >= 0.6 is 0 Å². The predicted octanol–water partition coefficient (Wildman–Crippen LogP) is 5.76. The molecule has 2 aliphatic rings. The number of amides is 1. The van der Waals surface area contributed by atoms with E-state index in [-0.39, 0.29) is 19.2 Å². The number of benzene rings is 2. The van der Waals surface area contributed by atoms with E-state index in [1.165, 1.54) is 0 Å². The van der Waals surface area contributed by atoms with Gasteiger partial charge in [-0.15, -0.1) is 0 Å². The van der Waals surface area contributed by atoms with E-state index in [2.05, 4.69) is 28.1 Å². The molecule has 1 unspecified atom stereocenters. The third-order valence-electron chi connectivity index (χ3n) is 8.04. The largest absolute Gasteiger partial charge is 0.465 e. The van der Waals surface area contributed by atoms with Crippen LogP contribution in [0.4, 0.5) is 10.5 Å². The van der Waals surface area contributed by atoms with Crippen molar-refractivity contribution in [3.63, 3.8) is 0 Å².